The van der Waals surface area contributed by atoms with Crippen LogP contribution < -0.4 is 4.74 Å². The lowest BCUT2D eigenvalue weighted by atomic mass is 9.67. The van der Waals surface area contributed by atoms with Crippen molar-refractivity contribution >= 4 is 39.3 Å². The molecule has 1 spiro atoms. The van der Waals surface area contributed by atoms with Gasteiger partial charge in [0, 0.05) is 33.0 Å². The molecule has 4 rings (SSSR count). The molecule has 0 N–H and O–H groups in total. The van der Waals surface area contributed by atoms with Gasteiger partial charge in [-0.2, -0.15) is 0 Å². The summed E-state index contributed by atoms with van der Waals surface area (Å²) in [7, 11) is 0. The summed E-state index contributed by atoms with van der Waals surface area (Å²) < 4.78 is 6.59. The Morgan fingerprint density at radius 1 is 1.15 bits per heavy atom. The van der Waals surface area contributed by atoms with Crippen molar-refractivity contribution in [2.24, 2.45) is 5.41 Å². The Hall–Kier alpha value is -1.65. The fraction of sp³-hybridized carbons (Fsp3) is 0.333. The first-order valence-corrected chi connectivity index (χ1v) is 9.97. The second kappa shape index (κ2) is 6.82. The summed E-state index contributed by atoms with van der Waals surface area (Å²) in [5.41, 5.74) is 0.983. The maximum absolute atomic E-state index is 13.0. The first kappa shape index (κ1) is 17.7. The van der Waals surface area contributed by atoms with Gasteiger partial charge in [0.1, 0.15) is 5.75 Å². The molecule has 0 saturated heterocycles. The summed E-state index contributed by atoms with van der Waals surface area (Å²) in [5, 5.41) is 0.601. The molecule has 0 aromatic heterocycles. The van der Waals surface area contributed by atoms with Crippen molar-refractivity contribution in [2.45, 2.75) is 38.0 Å². The zero-order valence-corrected chi connectivity index (χ0v) is 16.5. The molecule has 2 aliphatic rings. The Morgan fingerprint density at radius 3 is 2.54 bits per heavy atom. The number of Topliss-reactive ketones (excluding diaryl/α,β-unsaturated/α-hetero) is 1. The number of hydrogen-bond donors (Lipinski definition) is 0. The van der Waals surface area contributed by atoms with Crippen LogP contribution in [0.3, 0.4) is 0 Å². The lowest BCUT2D eigenvalue weighted by molar-refractivity contribution is -0.149. The third-order valence-electron chi connectivity index (χ3n) is 5.67. The molecule has 5 heteroatoms. The summed E-state index contributed by atoms with van der Waals surface area (Å²) in [4.78, 5) is 25.8. The summed E-state index contributed by atoms with van der Waals surface area (Å²) in [6.45, 7) is 0. The molecule has 1 atom stereocenters. The molecule has 0 amide bonds. The van der Waals surface area contributed by atoms with Crippen molar-refractivity contribution < 1.29 is 14.3 Å². The van der Waals surface area contributed by atoms with Gasteiger partial charge < -0.3 is 4.74 Å². The molecule has 0 radical (unpaired) electrons. The lowest BCUT2D eigenvalue weighted by Gasteiger charge is -2.40. The molecule has 1 heterocycles. The Kier molecular flexibility index (Phi) is 4.66. The number of benzene rings is 2. The standard InChI is InChI=1S/C21H18BrClO3/c22-14-5-8-19-16(11-14)17(21(20(25)26-19)9-1-2-10-21)12-18(24)13-3-6-15(23)7-4-13/h3-8,11,17H,1-2,9-10,12H2. The van der Waals surface area contributed by atoms with E-state index in [0.29, 0.717) is 22.8 Å². The number of fused-ring (bicyclic) bond motifs is 1. The van der Waals surface area contributed by atoms with Gasteiger partial charge in [0.25, 0.3) is 0 Å². The average molecular weight is 434 g/mol. The zero-order valence-electron chi connectivity index (χ0n) is 14.1. The minimum absolute atomic E-state index is 0.0265. The highest BCUT2D eigenvalue weighted by Crippen LogP contribution is 2.56. The molecule has 2 aromatic rings. The number of carbonyl (C=O) groups is 2. The van der Waals surface area contributed by atoms with E-state index in [-0.39, 0.29) is 17.7 Å². The molecule has 1 aliphatic carbocycles. The van der Waals surface area contributed by atoms with E-state index >= 15 is 0 Å². The van der Waals surface area contributed by atoms with Crippen LogP contribution in [0.5, 0.6) is 5.75 Å². The van der Waals surface area contributed by atoms with Crippen LogP contribution in [0.25, 0.3) is 0 Å². The molecule has 0 bridgehead atoms. The predicted molar refractivity (Wildman–Crippen MR) is 104 cm³/mol. The number of esters is 1. The van der Waals surface area contributed by atoms with Crippen LogP contribution in [0.15, 0.2) is 46.9 Å². The van der Waals surface area contributed by atoms with Crippen LogP contribution >= 0.6 is 27.5 Å². The summed E-state index contributed by atoms with van der Waals surface area (Å²) in [6, 6.07) is 12.6. The Balaban J connectivity index is 1.75. The fourth-order valence-corrected chi connectivity index (χ4v) is 4.83. The SMILES string of the molecule is O=C(CC1c2cc(Br)ccc2OC(=O)C12CCCC2)c1ccc(Cl)cc1. The molecule has 3 nitrogen and oxygen atoms in total. The fourth-order valence-electron chi connectivity index (χ4n) is 4.33. The number of ketones is 1. The van der Waals surface area contributed by atoms with Crippen molar-refractivity contribution in [1.29, 1.82) is 0 Å². The van der Waals surface area contributed by atoms with Gasteiger partial charge in [-0.25, -0.2) is 0 Å². The molecule has 2 aromatic carbocycles. The number of hydrogen-bond acceptors (Lipinski definition) is 3. The molecule has 1 fully saturated rings. The molecule has 26 heavy (non-hydrogen) atoms. The van der Waals surface area contributed by atoms with E-state index in [4.69, 9.17) is 16.3 Å². The van der Waals surface area contributed by atoms with E-state index in [9.17, 15) is 9.59 Å². The highest BCUT2D eigenvalue weighted by molar-refractivity contribution is 9.10. The molecule has 1 unspecified atom stereocenters. The predicted octanol–water partition coefficient (Wildman–Crippen LogP) is 5.94. The first-order chi connectivity index (χ1) is 12.5. The van der Waals surface area contributed by atoms with Crippen molar-refractivity contribution in [1.82, 2.24) is 0 Å². The van der Waals surface area contributed by atoms with Gasteiger partial charge in [-0.1, -0.05) is 40.4 Å². The van der Waals surface area contributed by atoms with Crippen LogP contribution in [0.1, 0.15) is 53.9 Å². The van der Waals surface area contributed by atoms with Crippen LogP contribution in [0.4, 0.5) is 0 Å². The molecule has 1 aliphatic heterocycles. The van der Waals surface area contributed by atoms with Crippen molar-refractivity contribution in [2.75, 3.05) is 0 Å². The van der Waals surface area contributed by atoms with Gasteiger partial charge in [-0.3, -0.25) is 9.59 Å². The topological polar surface area (TPSA) is 43.4 Å². The van der Waals surface area contributed by atoms with Gasteiger partial charge in [0.05, 0.1) is 5.41 Å². The summed E-state index contributed by atoms with van der Waals surface area (Å²) in [6.07, 6.45) is 3.82. The highest BCUT2D eigenvalue weighted by Gasteiger charge is 2.53. The van der Waals surface area contributed by atoms with E-state index in [1.807, 2.05) is 12.1 Å². The van der Waals surface area contributed by atoms with Crippen LogP contribution in [0.2, 0.25) is 5.02 Å². The van der Waals surface area contributed by atoms with Crippen molar-refractivity contribution in [3.63, 3.8) is 0 Å². The van der Waals surface area contributed by atoms with Crippen LogP contribution in [-0.2, 0) is 4.79 Å². The minimum Gasteiger partial charge on any atom is -0.426 e. The van der Waals surface area contributed by atoms with Gasteiger partial charge >= 0.3 is 5.97 Å². The second-order valence-electron chi connectivity index (χ2n) is 7.12. The number of rotatable bonds is 3. The Morgan fingerprint density at radius 2 is 1.85 bits per heavy atom. The second-order valence-corrected chi connectivity index (χ2v) is 8.47. The van der Waals surface area contributed by atoms with Gasteiger partial charge in [-0.05, 0) is 55.3 Å². The van der Waals surface area contributed by atoms with Gasteiger partial charge in [0.2, 0.25) is 0 Å². The Bertz CT molecular complexity index is 869. The summed E-state index contributed by atoms with van der Waals surface area (Å²) >= 11 is 9.44. The van der Waals surface area contributed by atoms with E-state index in [0.717, 1.165) is 35.7 Å². The van der Waals surface area contributed by atoms with Crippen LogP contribution in [-0.4, -0.2) is 11.8 Å². The molecular formula is C21H18BrClO3. The van der Waals surface area contributed by atoms with E-state index in [2.05, 4.69) is 15.9 Å². The van der Waals surface area contributed by atoms with E-state index in [1.54, 1.807) is 30.3 Å². The normalized spacial score (nSPS) is 20.7. The third-order valence-corrected chi connectivity index (χ3v) is 6.42. The third kappa shape index (κ3) is 2.99. The highest BCUT2D eigenvalue weighted by atomic mass is 79.9. The number of ether oxygens (including phenoxy) is 1. The maximum atomic E-state index is 13.0. The monoisotopic (exact) mass is 432 g/mol. The average Bonchev–Trinajstić information content (AvgIpc) is 3.11. The lowest BCUT2D eigenvalue weighted by Crippen LogP contribution is -2.42. The van der Waals surface area contributed by atoms with Crippen molar-refractivity contribution in [3.05, 3.63) is 63.1 Å². The van der Waals surface area contributed by atoms with E-state index in [1.165, 1.54) is 0 Å². The van der Waals surface area contributed by atoms with Gasteiger partial charge in [-0.15, -0.1) is 0 Å². The first-order valence-electron chi connectivity index (χ1n) is 8.80. The number of carbonyl (C=O) groups excluding carboxylic acids is 2. The smallest absolute Gasteiger partial charge is 0.318 e. The summed E-state index contributed by atoms with van der Waals surface area (Å²) in [5.74, 6) is 0.254. The molecular weight excluding hydrogens is 416 g/mol. The van der Waals surface area contributed by atoms with Crippen LogP contribution in [0, 0.1) is 5.41 Å². The van der Waals surface area contributed by atoms with E-state index < -0.39 is 5.41 Å². The van der Waals surface area contributed by atoms with Gasteiger partial charge in [0.15, 0.2) is 5.78 Å². The maximum Gasteiger partial charge on any atom is 0.318 e. The molecule has 134 valence electrons. The molecule has 1 saturated carbocycles. The van der Waals surface area contributed by atoms with Crippen molar-refractivity contribution in [3.8, 4) is 5.75 Å². The number of halogens is 2. The quantitative estimate of drug-likeness (QED) is 0.342. The zero-order chi connectivity index (χ0) is 18.3. The largest absolute Gasteiger partial charge is 0.426 e. The minimum atomic E-state index is -0.587. The Labute approximate surface area is 165 Å².